The van der Waals surface area contributed by atoms with Gasteiger partial charge in [0, 0.05) is 11.1 Å². The molecule has 0 aliphatic heterocycles. The number of methoxy groups -OCH3 is 1. The molecular formula is C7H9NO2S. The number of hydrogen-bond acceptors (Lipinski definition) is 4. The van der Waals surface area contributed by atoms with Crippen LogP contribution in [0.1, 0.15) is 15.2 Å². The van der Waals surface area contributed by atoms with Crippen molar-refractivity contribution in [2.45, 2.75) is 6.92 Å². The highest BCUT2D eigenvalue weighted by molar-refractivity contribution is 7.12. The Labute approximate surface area is 68.8 Å². The minimum Gasteiger partial charge on any atom is -0.465 e. The maximum atomic E-state index is 11.0. The van der Waals surface area contributed by atoms with E-state index in [4.69, 9.17) is 5.73 Å². The number of hydrogen-bond donors (Lipinski definition) is 1. The van der Waals surface area contributed by atoms with Gasteiger partial charge in [0.25, 0.3) is 0 Å². The van der Waals surface area contributed by atoms with Crippen molar-refractivity contribution in [1.82, 2.24) is 0 Å². The molecule has 60 valence electrons. The monoisotopic (exact) mass is 171 g/mol. The Morgan fingerprint density at radius 1 is 1.73 bits per heavy atom. The minimum absolute atomic E-state index is 0.316. The second-order valence-corrected chi connectivity index (χ2v) is 3.02. The zero-order valence-electron chi connectivity index (χ0n) is 6.38. The van der Waals surface area contributed by atoms with E-state index in [2.05, 4.69) is 4.74 Å². The van der Waals surface area contributed by atoms with Gasteiger partial charge in [-0.05, 0) is 12.5 Å². The summed E-state index contributed by atoms with van der Waals surface area (Å²) in [6.45, 7) is 1.80. The third kappa shape index (κ3) is 1.35. The summed E-state index contributed by atoms with van der Waals surface area (Å²) in [5.41, 5.74) is 6.99. The topological polar surface area (TPSA) is 52.3 Å². The molecule has 4 heteroatoms. The molecule has 0 atom stereocenters. The van der Waals surface area contributed by atoms with Gasteiger partial charge in [0.1, 0.15) is 4.88 Å². The van der Waals surface area contributed by atoms with Crippen molar-refractivity contribution in [3.63, 3.8) is 0 Å². The first-order chi connectivity index (χ1) is 5.16. The van der Waals surface area contributed by atoms with E-state index < -0.39 is 0 Å². The van der Waals surface area contributed by atoms with Crippen LogP contribution in [0.15, 0.2) is 5.38 Å². The van der Waals surface area contributed by atoms with Crippen molar-refractivity contribution >= 4 is 23.0 Å². The largest absolute Gasteiger partial charge is 0.465 e. The van der Waals surface area contributed by atoms with Crippen molar-refractivity contribution in [3.05, 3.63) is 15.8 Å². The van der Waals surface area contributed by atoms with Gasteiger partial charge in [0.05, 0.1) is 7.11 Å². The molecular weight excluding hydrogens is 162 g/mol. The lowest BCUT2D eigenvalue weighted by molar-refractivity contribution is 0.0605. The highest BCUT2D eigenvalue weighted by Crippen LogP contribution is 2.23. The summed E-state index contributed by atoms with van der Waals surface area (Å²) >= 11 is 1.31. The molecule has 0 spiro atoms. The third-order valence-electron chi connectivity index (χ3n) is 1.45. The van der Waals surface area contributed by atoms with Crippen molar-refractivity contribution in [1.29, 1.82) is 0 Å². The first-order valence-electron chi connectivity index (χ1n) is 3.08. The standard InChI is InChI=1S/C7H9NO2S/c1-4-5(8)3-11-6(4)7(9)10-2/h3H,8H2,1-2H3. The van der Waals surface area contributed by atoms with E-state index in [1.54, 1.807) is 12.3 Å². The maximum Gasteiger partial charge on any atom is 0.348 e. The average molecular weight is 171 g/mol. The van der Waals surface area contributed by atoms with Gasteiger partial charge in [-0.25, -0.2) is 4.79 Å². The number of nitrogens with two attached hydrogens (primary N) is 1. The van der Waals surface area contributed by atoms with Gasteiger partial charge in [0.15, 0.2) is 0 Å². The fraction of sp³-hybridized carbons (Fsp3) is 0.286. The Kier molecular flexibility index (Phi) is 2.14. The second-order valence-electron chi connectivity index (χ2n) is 2.14. The van der Waals surface area contributed by atoms with Crippen LogP contribution < -0.4 is 5.73 Å². The highest BCUT2D eigenvalue weighted by Gasteiger charge is 2.12. The molecule has 0 amide bonds. The molecule has 2 N–H and O–H groups in total. The number of anilines is 1. The lowest BCUT2D eigenvalue weighted by atomic mass is 10.2. The number of carbonyl (C=O) groups is 1. The summed E-state index contributed by atoms with van der Waals surface area (Å²) in [5.74, 6) is -0.316. The number of carbonyl (C=O) groups excluding carboxylic acids is 1. The molecule has 0 aromatic carbocycles. The van der Waals surface area contributed by atoms with Gasteiger partial charge in [0.2, 0.25) is 0 Å². The summed E-state index contributed by atoms with van der Waals surface area (Å²) < 4.78 is 4.55. The zero-order chi connectivity index (χ0) is 8.43. The average Bonchev–Trinajstić information content (AvgIpc) is 2.32. The van der Waals surface area contributed by atoms with Crippen LogP contribution in [0.3, 0.4) is 0 Å². The Morgan fingerprint density at radius 2 is 2.36 bits per heavy atom. The van der Waals surface area contributed by atoms with Crippen LogP contribution in [0.5, 0.6) is 0 Å². The Balaban J connectivity index is 3.04. The number of ether oxygens (including phenoxy) is 1. The maximum absolute atomic E-state index is 11.0. The molecule has 0 bridgehead atoms. The first-order valence-corrected chi connectivity index (χ1v) is 3.96. The number of rotatable bonds is 1. The molecule has 0 fully saturated rings. The van der Waals surface area contributed by atoms with Crippen molar-refractivity contribution < 1.29 is 9.53 Å². The Bertz CT molecular complexity index is 280. The van der Waals surface area contributed by atoms with Crippen molar-refractivity contribution in [2.24, 2.45) is 0 Å². The fourth-order valence-corrected chi connectivity index (χ4v) is 1.62. The number of nitrogen functional groups attached to an aromatic ring is 1. The van der Waals surface area contributed by atoms with Gasteiger partial charge in [-0.2, -0.15) is 0 Å². The molecule has 0 unspecified atom stereocenters. The van der Waals surface area contributed by atoms with Gasteiger partial charge in [-0.1, -0.05) is 0 Å². The van der Waals surface area contributed by atoms with Crippen LogP contribution in [0.4, 0.5) is 5.69 Å². The molecule has 1 aromatic heterocycles. The molecule has 3 nitrogen and oxygen atoms in total. The minimum atomic E-state index is -0.316. The number of thiophene rings is 1. The van der Waals surface area contributed by atoms with Gasteiger partial charge in [-0.15, -0.1) is 11.3 Å². The molecule has 0 aliphatic carbocycles. The van der Waals surface area contributed by atoms with Crippen LogP contribution in [0.25, 0.3) is 0 Å². The molecule has 1 aromatic rings. The third-order valence-corrected chi connectivity index (χ3v) is 2.53. The SMILES string of the molecule is COC(=O)c1scc(N)c1C. The van der Waals surface area contributed by atoms with E-state index in [1.165, 1.54) is 18.4 Å². The quantitative estimate of drug-likeness (QED) is 0.650. The Hall–Kier alpha value is -1.03. The normalized spacial score (nSPS) is 9.64. The van der Waals surface area contributed by atoms with Gasteiger partial charge in [-0.3, -0.25) is 0 Å². The molecule has 1 heterocycles. The lowest BCUT2D eigenvalue weighted by Crippen LogP contribution is -2.00. The van der Waals surface area contributed by atoms with E-state index in [9.17, 15) is 4.79 Å². The van der Waals surface area contributed by atoms with Crippen LogP contribution in [0.2, 0.25) is 0 Å². The molecule has 0 saturated heterocycles. The molecule has 0 saturated carbocycles. The molecule has 1 rings (SSSR count). The van der Waals surface area contributed by atoms with Crippen LogP contribution in [-0.2, 0) is 4.74 Å². The van der Waals surface area contributed by atoms with Gasteiger partial charge < -0.3 is 10.5 Å². The van der Waals surface area contributed by atoms with E-state index in [-0.39, 0.29) is 5.97 Å². The number of esters is 1. The van der Waals surface area contributed by atoms with E-state index in [0.29, 0.717) is 10.6 Å². The molecule has 0 aliphatic rings. The van der Waals surface area contributed by atoms with Crippen molar-refractivity contribution in [2.75, 3.05) is 12.8 Å². The summed E-state index contributed by atoms with van der Waals surface area (Å²) in [6, 6.07) is 0. The van der Waals surface area contributed by atoms with Crippen LogP contribution >= 0.6 is 11.3 Å². The summed E-state index contributed by atoms with van der Waals surface area (Å²) in [6.07, 6.45) is 0. The van der Waals surface area contributed by atoms with Crippen LogP contribution in [-0.4, -0.2) is 13.1 Å². The second kappa shape index (κ2) is 2.92. The predicted octanol–water partition coefficient (Wildman–Crippen LogP) is 1.43. The van der Waals surface area contributed by atoms with Crippen LogP contribution in [0, 0.1) is 6.92 Å². The van der Waals surface area contributed by atoms with E-state index >= 15 is 0 Å². The Morgan fingerprint density at radius 3 is 2.73 bits per heavy atom. The summed E-state index contributed by atoms with van der Waals surface area (Å²) in [7, 11) is 1.36. The van der Waals surface area contributed by atoms with Gasteiger partial charge >= 0.3 is 5.97 Å². The summed E-state index contributed by atoms with van der Waals surface area (Å²) in [5, 5.41) is 1.74. The van der Waals surface area contributed by atoms with E-state index in [0.717, 1.165) is 5.56 Å². The first kappa shape index (κ1) is 8.07. The fourth-order valence-electron chi connectivity index (χ4n) is 0.724. The summed E-state index contributed by atoms with van der Waals surface area (Å²) in [4.78, 5) is 11.6. The van der Waals surface area contributed by atoms with E-state index in [1.807, 2.05) is 0 Å². The smallest absolute Gasteiger partial charge is 0.348 e. The molecule has 0 radical (unpaired) electrons. The van der Waals surface area contributed by atoms with Crippen molar-refractivity contribution in [3.8, 4) is 0 Å². The highest BCUT2D eigenvalue weighted by atomic mass is 32.1. The zero-order valence-corrected chi connectivity index (χ0v) is 7.20. The predicted molar refractivity (Wildman–Crippen MR) is 44.8 cm³/mol. The molecule has 11 heavy (non-hydrogen) atoms. The lowest BCUT2D eigenvalue weighted by Gasteiger charge is -1.95.